The zero-order valence-corrected chi connectivity index (χ0v) is 9.56. The van der Waals surface area contributed by atoms with Gasteiger partial charge in [0.05, 0.1) is 25.9 Å². The highest BCUT2D eigenvalue weighted by molar-refractivity contribution is 5.29. The molecule has 0 radical (unpaired) electrons. The van der Waals surface area contributed by atoms with E-state index in [-0.39, 0.29) is 12.7 Å². The van der Waals surface area contributed by atoms with Crippen molar-refractivity contribution < 1.29 is 14.6 Å². The Morgan fingerprint density at radius 3 is 2.75 bits per heavy atom. The number of aliphatic hydroxyl groups excluding tert-OH is 1. The van der Waals surface area contributed by atoms with E-state index in [1.165, 1.54) is 0 Å². The van der Waals surface area contributed by atoms with E-state index in [1.54, 1.807) is 7.11 Å². The monoisotopic (exact) mass is 225 g/mol. The van der Waals surface area contributed by atoms with E-state index in [2.05, 4.69) is 0 Å². The van der Waals surface area contributed by atoms with Gasteiger partial charge in [0.25, 0.3) is 0 Å². The Labute approximate surface area is 96.0 Å². The van der Waals surface area contributed by atoms with Gasteiger partial charge in [0.1, 0.15) is 0 Å². The predicted octanol–water partition coefficient (Wildman–Crippen LogP) is 0.842. The van der Waals surface area contributed by atoms with Crippen LogP contribution in [0.2, 0.25) is 0 Å². The summed E-state index contributed by atoms with van der Waals surface area (Å²) < 4.78 is 10.6. The highest BCUT2D eigenvalue weighted by Crippen LogP contribution is 2.21. The standard InChI is InChI=1S/C12H19NO3/c1-15-9-10-4-2-3-5-11(10)12(8-13)16-7-6-14/h2-5,12,14H,6-9,13H2,1H3. The molecule has 1 unspecified atom stereocenters. The van der Waals surface area contributed by atoms with Crippen LogP contribution in [0.5, 0.6) is 0 Å². The number of ether oxygens (including phenoxy) is 2. The Kier molecular flexibility index (Phi) is 6.03. The van der Waals surface area contributed by atoms with Crippen molar-refractivity contribution in [2.45, 2.75) is 12.7 Å². The molecule has 0 bridgehead atoms. The number of aliphatic hydroxyl groups is 1. The van der Waals surface area contributed by atoms with Gasteiger partial charge in [0.2, 0.25) is 0 Å². The summed E-state index contributed by atoms with van der Waals surface area (Å²) in [6.07, 6.45) is -0.182. The molecule has 1 rings (SSSR count). The summed E-state index contributed by atoms with van der Waals surface area (Å²) in [4.78, 5) is 0. The van der Waals surface area contributed by atoms with Crippen LogP contribution < -0.4 is 5.73 Å². The lowest BCUT2D eigenvalue weighted by atomic mass is 10.0. The van der Waals surface area contributed by atoms with E-state index < -0.39 is 0 Å². The van der Waals surface area contributed by atoms with Gasteiger partial charge >= 0.3 is 0 Å². The molecule has 1 aromatic rings. The zero-order valence-electron chi connectivity index (χ0n) is 9.56. The number of hydrogen-bond donors (Lipinski definition) is 2. The third-order valence-corrected chi connectivity index (χ3v) is 2.33. The highest BCUT2D eigenvalue weighted by atomic mass is 16.5. The molecule has 1 aromatic carbocycles. The first-order valence-electron chi connectivity index (χ1n) is 5.32. The van der Waals surface area contributed by atoms with E-state index in [9.17, 15) is 0 Å². The summed E-state index contributed by atoms with van der Waals surface area (Å²) in [5.41, 5.74) is 7.76. The minimum Gasteiger partial charge on any atom is -0.394 e. The van der Waals surface area contributed by atoms with Gasteiger partial charge in [0.15, 0.2) is 0 Å². The second-order valence-corrected chi connectivity index (χ2v) is 3.45. The van der Waals surface area contributed by atoms with Crippen LogP contribution in [-0.4, -0.2) is 32.0 Å². The second kappa shape index (κ2) is 7.35. The first kappa shape index (κ1) is 13.1. The number of hydrogen-bond acceptors (Lipinski definition) is 4. The maximum Gasteiger partial charge on any atom is 0.0951 e. The average Bonchev–Trinajstić information content (AvgIpc) is 2.32. The van der Waals surface area contributed by atoms with Crippen molar-refractivity contribution in [2.75, 3.05) is 26.9 Å². The molecule has 4 heteroatoms. The van der Waals surface area contributed by atoms with Crippen LogP contribution in [0, 0.1) is 0 Å². The van der Waals surface area contributed by atoms with Crippen LogP contribution in [0.4, 0.5) is 0 Å². The smallest absolute Gasteiger partial charge is 0.0951 e. The largest absolute Gasteiger partial charge is 0.394 e. The molecule has 0 aliphatic carbocycles. The third-order valence-electron chi connectivity index (χ3n) is 2.33. The fourth-order valence-corrected chi connectivity index (χ4v) is 1.62. The van der Waals surface area contributed by atoms with E-state index in [0.717, 1.165) is 11.1 Å². The fraction of sp³-hybridized carbons (Fsp3) is 0.500. The number of methoxy groups -OCH3 is 1. The van der Waals surface area contributed by atoms with Crippen molar-refractivity contribution in [2.24, 2.45) is 5.73 Å². The molecule has 0 aromatic heterocycles. The van der Waals surface area contributed by atoms with Crippen LogP contribution in [0.1, 0.15) is 17.2 Å². The second-order valence-electron chi connectivity index (χ2n) is 3.45. The molecule has 3 N–H and O–H groups in total. The summed E-state index contributed by atoms with van der Waals surface area (Å²) in [6.45, 7) is 1.22. The van der Waals surface area contributed by atoms with E-state index in [0.29, 0.717) is 19.8 Å². The van der Waals surface area contributed by atoms with E-state index in [1.807, 2.05) is 24.3 Å². The first-order valence-corrected chi connectivity index (χ1v) is 5.32. The van der Waals surface area contributed by atoms with Gasteiger partial charge in [-0.1, -0.05) is 24.3 Å². The normalized spacial score (nSPS) is 12.7. The van der Waals surface area contributed by atoms with Crippen LogP contribution in [0.3, 0.4) is 0 Å². The molecule has 0 fully saturated rings. The molecule has 4 nitrogen and oxygen atoms in total. The molecule has 0 spiro atoms. The van der Waals surface area contributed by atoms with Gasteiger partial charge in [-0.2, -0.15) is 0 Å². The SMILES string of the molecule is COCc1ccccc1C(CN)OCCO. The first-order chi connectivity index (χ1) is 7.83. The lowest BCUT2D eigenvalue weighted by Crippen LogP contribution is -2.19. The summed E-state index contributed by atoms with van der Waals surface area (Å²) in [5.74, 6) is 0. The Balaban J connectivity index is 2.81. The summed E-state index contributed by atoms with van der Waals surface area (Å²) in [6, 6.07) is 7.87. The fourth-order valence-electron chi connectivity index (χ4n) is 1.62. The molecule has 0 aliphatic heterocycles. The Hall–Kier alpha value is -0.940. The Morgan fingerprint density at radius 2 is 2.12 bits per heavy atom. The number of nitrogens with two attached hydrogens (primary N) is 1. The average molecular weight is 225 g/mol. The van der Waals surface area contributed by atoms with Crippen LogP contribution in [0.15, 0.2) is 24.3 Å². The van der Waals surface area contributed by atoms with Gasteiger partial charge in [-0.3, -0.25) is 0 Å². The van der Waals surface area contributed by atoms with Crippen molar-refractivity contribution in [3.63, 3.8) is 0 Å². The summed E-state index contributed by atoms with van der Waals surface area (Å²) in [5, 5.41) is 8.74. The van der Waals surface area contributed by atoms with Gasteiger partial charge in [-0.15, -0.1) is 0 Å². The molecule has 0 saturated carbocycles. The maximum atomic E-state index is 8.74. The van der Waals surface area contributed by atoms with Gasteiger partial charge < -0.3 is 20.3 Å². The van der Waals surface area contributed by atoms with E-state index in [4.69, 9.17) is 20.3 Å². The molecule has 16 heavy (non-hydrogen) atoms. The van der Waals surface area contributed by atoms with Gasteiger partial charge in [-0.25, -0.2) is 0 Å². The van der Waals surface area contributed by atoms with Gasteiger partial charge in [-0.05, 0) is 11.1 Å². The van der Waals surface area contributed by atoms with Gasteiger partial charge in [0, 0.05) is 13.7 Å². The van der Waals surface area contributed by atoms with Crippen molar-refractivity contribution in [1.82, 2.24) is 0 Å². The van der Waals surface area contributed by atoms with Crippen molar-refractivity contribution in [3.8, 4) is 0 Å². The lowest BCUT2D eigenvalue weighted by molar-refractivity contribution is 0.0314. The molecule has 90 valence electrons. The maximum absolute atomic E-state index is 8.74. The van der Waals surface area contributed by atoms with E-state index >= 15 is 0 Å². The molecule has 0 aliphatic rings. The number of benzene rings is 1. The Bertz CT molecular complexity index is 304. The van der Waals surface area contributed by atoms with Crippen LogP contribution in [-0.2, 0) is 16.1 Å². The highest BCUT2D eigenvalue weighted by Gasteiger charge is 2.13. The molecular formula is C12H19NO3. The molecule has 1 atom stereocenters. The number of rotatable bonds is 7. The molecular weight excluding hydrogens is 206 g/mol. The van der Waals surface area contributed by atoms with Crippen LogP contribution in [0.25, 0.3) is 0 Å². The third kappa shape index (κ3) is 3.57. The van der Waals surface area contributed by atoms with Crippen molar-refractivity contribution >= 4 is 0 Å². The molecule has 0 amide bonds. The quantitative estimate of drug-likeness (QED) is 0.721. The van der Waals surface area contributed by atoms with Crippen LogP contribution >= 0.6 is 0 Å². The lowest BCUT2D eigenvalue weighted by Gasteiger charge is -2.19. The molecule has 0 saturated heterocycles. The topological polar surface area (TPSA) is 64.7 Å². The molecule has 0 heterocycles. The summed E-state index contributed by atoms with van der Waals surface area (Å²) in [7, 11) is 1.66. The predicted molar refractivity (Wildman–Crippen MR) is 62.0 cm³/mol. The van der Waals surface area contributed by atoms with Crippen molar-refractivity contribution in [1.29, 1.82) is 0 Å². The van der Waals surface area contributed by atoms with Crippen molar-refractivity contribution in [3.05, 3.63) is 35.4 Å². The summed E-state index contributed by atoms with van der Waals surface area (Å²) >= 11 is 0. The zero-order chi connectivity index (χ0) is 11.8. The minimum atomic E-state index is -0.182. The Morgan fingerprint density at radius 1 is 1.38 bits per heavy atom. The minimum absolute atomic E-state index is 0.00292.